The predicted molar refractivity (Wildman–Crippen MR) is 68.7 cm³/mol. The maximum Gasteiger partial charge on any atom is 0.184 e. The molecule has 5 nitrogen and oxygen atoms in total. The molecule has 0 saturated heterocycles. The van der Waals surface area contributed by atoms with E-state index in [9.17, 15) is 15.0 Å². The third-order valence-electron chi connectivity index (χ3n) is 2.38. The average Bonchev–Trinajstić information content (AvgIpc) is 2.32. The van der Waals surface area contributed by atoms with Gasteiger partial charge >= 0.3 is 0 Å². The van der Waals surface area contributed by atoms with Crippen LogP contribution in [0.3, 0.4) is 0 Å². The number of hydrogen-bond acceptors (Lipinski definition) is 6. The quantitative estimate of drug-likeness (QED) is 0.290. The first-order valence-electron chi connectivity index (χ1n) is 5.16. The Balaban J connectivity index is 3.17. The highest BCUT2D eigenvalue weighted by molar-refractivity contribution is 7.80. The number of hydrogen-bond donors (Lipinski definition) is 5. The molecule has 0 radical (unpaired) electrons. The van der Waals surface area contributed by atoms with Gasteiger partial charge in [-0.15, -0.1) is 0 Å². The number of nitrogens with two attached hydrogens (primary N) is 2. The number of benzene rings is 1. The maximum atomic E-state index is 11.8. The summed E-state index contributed by atoms with van der Waals surface area (Å²) >= 11 is 3.92. The third kappa shape index (κ3) is 3.12. The van der Waals surface area contributed by atoms with Crippen LogP contribution in [0.5, 0.6) is 11.5 Å². The van der Waals surface area contributed by atoms with Crippen LogP contribution < -0.4 is 11.5 Å². The predicted octanol–water partition coefficient (Wildman–Crippen LogP) is 0.0388. The van der Waals surface area contributed by atoms with Crippen molar-refractivity contribution in [1.82, 2.24) is 0 Å². The van der Waals surface area contributed by atoms with Crippen LogP contribution in [0.1, 0.15) is 15.9 Å². The number of phenolic OH excluding ortho intramolecular Hbond substituents is 2. The lowest BCUT2D eigenvalue weighted by Crippen LogP contribution is -2.32. The molecule has 0 aromatic heterocycles. The summed E-state index contributed by atoms with van der Waals surface area (Å²) in [6.45, 7) is 0.385. The minimum absolute atomic E-state index is 0.00926. The van der Waals surface area contributed by atoms with Gasteiger partial charge in [-0.2, -0.15) is 12.6 Å². The van der Waals surface area contributed by atoms with E-state index in [2.05, 4.69) is 12.6 Å². The molecular formula is C11H16N2O3S. The van der Waals surface area contributed by atoms with E-state index in [-0.39, 0.29) is 17.1 Å². The Morgan fingerprint density at radius 2 is 2.06 bits per heavy atom. The second kappa shape index (κ2) is 5.90. The van der Waals surface area contributed by atoms with E-state index in [1.165, 1.54) is 12.1 Å². The molecule has 0 amide bonds. The molecule has 0 aliphatic rings. The Morgan fingerprint density at radius 3 is 2.59 bits per heavy atom. The lowest BCUT2D eigenvalue weighted by molar-refractivity contribution is 0.0966. The molecule has 94 valence electrons. The Morgan fingerprint density at radius 1 is 1.41 bits per heavy atom. The molecule has 1 atom stereocenters. The van der Waals surface area contributed by atoms with Gasteiger partial charge in [-0.05, 0) is 30.7 Å². The molecule has 6 heteroatoms. The Bertz CT molecular complexity index is 423. The Labute approximate surface area is 105 Å². The van der Waals surface area contributed by atoms with Crippen molar-refractivity contribution in [1.29, 1.82) is 0 Å². The fraction of sp³-hybridized carbons (Fsp3) is 0.364. The van der Waals surface area contributed by atoms with E-state index in [1.54, 1.807) is 0 Å². The van der Waals surface area contributed by atoms with Crippen molar-refractivity contribution in [2.75, 3.05) is 12.3 Å². The van der Waals surface area contributed by atoms with Crippen LogP contribution in [0.2, 0.25) is 0 Å². The van der Waals surface area contributed by atoms with Crippen molar-refractivity contribution in [2.45, 2.75) is 12.5 Å². The molecule has 0 bridgehead atoms. The van der Waals surface area contributed by atoms with Gasteiger partial charge in [0.05, 0.1) is 11.6 Å². The molecular weight excluding hydrogens is 240 g/mol. The number of ketones is 1. The summed E-state index contributed by atoms with van der Waals surface area (Å²) in [5, 5.41) is 19.1. The zero-order valence-electron chi connectivity index (χ0n) is 9.26. The number of thiol groups is 1. The topological polar surface area (TPSA) is 110 Å². The number of carbonyl (C=O) groups is 1. The van der Waals surface area contributed by atoms with Gasteiger partial charge in [-0.3, -0.25) is 4.79 Å². The molecule has 0 heterocycles. The first-order valence-corrected chi connectivity index (χ1v) is 5.80. The molecule has 0 spiro atoms. The summed E-state index contributed by atoms with van der Waals surface area (Å²) in [4.78, 5) is 11.8. The molecule has 1 aromatic carbocycles. The van der Waals surface area contributed by atoms with Gasteiger partial charge in [0.25, 0.3) is 0 Å². The van der Waals surface area contributed by atoms with Gasteiger partial charge < -0.3 is 21.7 Å². The minimum atomic E-state index is -0.809. The number of aromatic hydroxyl groups is 2. The van der Waals surface area contributed by atoms with Gasteiger partial charge in [0.2, 0.25) is 0 Å². The van der Waals surface area contributed by atoms with E-state index >= 15 is 0 Å². The highest BCUT2D eigenvalue weighted by Crippen LogP contribution is 2.31. The van der Waals surface area contributed by atoms with Gasteiger partial charge in [0.15, 0.2) is 17.3 Å². The van der Waals surface area contributed by atoms with Crippen molar-refractivity contribution < 1.29 is 15.0 Å². The number of rotatable bonds is 5. The highest BCUT2D eigenvalue weighted by Gasteiger charge is 2.20. The van der Waals surface area contributed by atoms with Gasteiger partial charge in [0.1, 0.15) is 0 Å². The Kier molecular flexibility index (Phi) is 4.80. The minimum Gasteiger partial charge on any atom is -0.504 e. The molecule has 0 unspecified atom stereocenters. The van der Waals surface area contributed by atoms with Gasteiger partial charge in [0, 0.05) is 5.75 Å². The van der Waals surface area contributed by atoms with Crippen molar-refractivity contribution in [3.63, 3.8) is 0 Å². The highest BCUT2D eigenvalue weighted by atomic mass is 32.1. The normalized spacial score (nSPS) is 12.4. The van der Waals surface area contributed by atoms with Crippen LogP contribution in [-0.2, 0) is 6.42 Å². The molecule has 17 heavy (non-hydrogen) atoms. The van der Waals surface area contributed by atoms with Crippen LogP contribution in [0, 0.1) is 0 Å². The summed E-state index contributed by atoms with van der Waals surface area (Å²) in [5.74, 6) is -1.08. The van der Waals surface area contributed by atoms with E-state index in [1.807, 2.05) is 0 Å². The van der Waals surface area contributed by atoms with Crippen LogP contribution >= 0.6 is 12.6 Å². The van der Waals surface area contributed by atoms with Crippen molar-refractivity contribution in [3.05, 3.63) is 23.3 Å². The molecule has 6 N–H and O–H groups in total. The van der Waals surface area contributed by atoms with E-state index in [0.29, 0.717) is 18.5 Å². The second-order valence-electron chi connectivity index (χ2n) is 3.70. The van der Waals surface area contributed by atoms with Crippen molar-refractivity contribution in [2.24, 2.45) is 11.5 Å². The lowest BCUT2D eigenvalue weighted by atomic mass is 10.00. The van der Waals surface area contributed by atoms with E-state index in [4.69, 9.17) is 11.5 Å². The Hall–Kier alpha value is -1.24. The molecule has 0 saturated carbocycles. The van der Waals surface area contributed by atoms with Crippen LogP contribution in [0.15, 0.2) is 12.1 Å². The first-order chi connectivity index (χ1) is 8.01. The summed E-state index contributed by atoms with van der Waals surface area (Å²) in [6, 6.07) is 2.07. The standard InChI is InChI=1S/C11H16N2O3S/c12-2-1-6-3-7(10(15)8(13)5-17)11(16)9(14)4-6/h3-4,8,14,16-17H,1-2,5,12-13H2/t8-/m0/s1. The molecule has 0 fully saturated rings. The zero-order chi connectivity index (χ0) is 13.0. The van der Waals surface area contributed by atoms with Gasteiger partial charge in [-0.1, -0.05) is 0 Å². The largest absolute Gasteiger partial charge is 0.504 e. The second-order valence-corrected chi connectivity index (χ2v) is 4.07. The summed E-state index contributed by atoms with van der Waals surface area (Å²) in [5.41, 5.74) is 11.6. The molecule has 0 aliphatic heterocycles. The van der Waals surface area contributed by atoms with Crippen LogP contribution in [0.4, 0.5) is 0 Å². The maximum absolute atomic E-state index is 11.8. The number of phenols is 2. The number of carbonyl (C=O) groups excluding carboxylic acids is 1. The lowest BCUT2D eigenvalue weighted by Gasteiger charge is -2.11. The van der Waals surface area contributed by atoms with E-state index < -0.39 is 17.6 Å². The zero-order valence-corrected chi connectivity index (χ0v) is 10.2. The van der Waals surface area contributed by atoms with Crippen molar-refractivity contribution in [3.8, 4) is 11.5 Å². The van der Waals surface area contributed by atoms with Crippen LogP contribution in [-0.4, -0.2) is 34.3 Å². The monoisotopic (exact) mass is 256 g/mol. The number of Topliss-reactive ketones (excluding diaryl/α,β-unsaturated/α-hetero) is 1. The molecule has 0 aliphatic carbocycles. The van der Waals surface area contributed by atoms with Gasteiger partial charge in [-0.25, -0.2) is 0 Å². The third-order valence-corrected chi connectivity index (χ3v) is 2.77. The fourth-order valence-electron chi connectivity index (χ4n) is 1.46. The molecule has 1 aromatic rings. The van der Waals surface area contributed by atoms with E-state index in [0.717, 1.165) is 0 Å². The van der Waals surface area contributed by atoms with Crippen molar-refractivity contribution >= 4 is 18.4 Å². The molecule has 1 rings (SSSR count). The first kappa shape index (κ1) is 13.8. The SMILES string of the molecule is NCCc1cc(O)c(O)c(C(=O)[C@@H](N)CS)c1. The smallest absolute Gasteiger partial charge is 0.184 e. The summed E-state index contributed by atoms with van der Waals surface area (Å²) < 4.78 is 0. The average molecular weight is 256 g/mol. The summed E-state index contributed by atoms with van der Waals surface area (Å²) in [6.07, 6.45) is 0.504. The fourth-order valence-corrected chi connectivity index (χ4v) is 1.62. The summed E-state index contributed by atoms with van der Waals surface area (Å²) in [7, 11) is 0. The van der Waals surface area contributed by atoms with Crippen LogP contribution in [0.25, 0.3) is 0 Å².